The molecule has 23 heavy (non-hydrogen) atoms. The molecule has 4 aromatic rings. The Bertz CT molecular complexity index is 947. The van der Waals surface area contributed by atoms with Gasteiger partial charge in [-0.25, -0.2) is 4.39 Å². The number of H-pyrrole nitrogens is 1. The van der Waals surface area contributed by atoms with Gasteiger partial charge in [-0.05, 0) is 30.3 Å². The Morgan fingerprint density at radius 3 is 2.57 bits per heavy atom. The lowest BCUT2D eigenvalue weighted by molar-refractivity contribution is 0.432. The van der Waals surface area contributed by atoms with Crippen LogP contribution in [-0.4, -0.2) is 20.3 Å². The number of hydrogen-bond acceptors (Lipinski definition) is 4. The van der Waals surface area contributed by atoms with Crippen LogP contribution >= 0.6 is 0 Å². The van der Waals surface area contributed by atoms with Crippen molar-refractivity contribution in [2.24, 2.45) is 0 Å². The maximum absolute atomic E-state index is 13.3. The molecule has 2 aromatic carbocycles. The van der Waals surface area contributed by atoms with E-state index in [9.17, 15) is 4.39 Å². The lowest BCUT2D eigenvalue weighted by Gasteiger charge is -1.99. The van der Waals surface area contributed by atoms with Crippen molar-refractivity contribution in [2.75, 3.05) is 0 Å². The van der Waals surface area contributed by atoms with E-state index in [-0.39, 0.29) is 11.7 Å². The van der Waals surface area contributed by atoms with Gasteiger partial charge in [0.2, 0.25) is 5.82 Å². The Morgan fingerprint density at radius 1 is 0.913 bits per heavy atom. The molecule has 112 valence electrons. The Labute approximate surface area is 130 Å². The van der Waals surface area contributed by atoms with Crippen molar-refractivity contribution >= 4 is 0 Å². The van der Waals surface area contributed by atoms with E-state index in [2.05, 4.69) is 20.3 Å². The molecule has 4 rings (SSSR count). The zero-order chi connectivity index (χ0) is 15.6. The fraction of sp³-hybridized carbons (Fsp3) is 0. The van der Waals surface area contributed by atoms with Crippen LogP contribution in [0.2, 0.25) is 0 Å². The van der Waals surface area contributed by atoms with Crippen LogP contribution in [0.4, 0.5) is 4.39 Å². The standard InChI is InChI=1S/C17H11FN4O/c18-14-6-2-5-13(10-14)17-20-16(22-23-17)12-4-1-3-11(9-12)15-7-8-19-21-15/h1-10H,(H,19,21). The van der Waals surface area contributed by atoms with E-state index in [1.807, 2.05) is 30.3 Å². The normalized spacial score (nSPS) is 10.8. The van der Waals surface area contributed by atoms with E-state index in [1.54, 1.807) is 18.3 Å². The van der Waals surface area contributed by atoms with Crippen LogP contribution in [-0.2, 0) is 0 Å². The molecule has 0 aliphatic heterocycles. The lowest BCUT2D eigenvalue weighted by Crippen LogP contribution is -1.84. The van der Waals surface area contributed by atoms with Gasteiger partial charge in [0.1, 0.15) is 5.82 Å². The first-order valence-corrected chi connectivity index (χ1v) is 6.99. The number of aromatic nitrogens is 4. The first-order chi connectivity index (χ1) is 11.3. The van der Waals surface area contributed by atoms with Crippen molar-refractivity contribution in [1.82, 2.24) is 20.3 Å². The van der Waals surface area contributed by atoms with Crippen LogP contribution in [0.15, 0.2) is 65.3 Å². The minimum atomic E-state index is -0.344. The Balaban J connectivity index is 1.71. The summed E-state index contributed by atoms with van der Waals surface area (Å²) in [4.78, 5) is 4.34. The molecule has 6 heteroatoms. The third-order valence-electron chi connectivity index (χ3n) is 3.43. The number of nitrogens with one attached hydrogen (secondary N) is 1. The van der Waals surface area contributed by atoms with Crippen molar-refractivity contribution in [3.05, 3.63) is 66.6 Å². The molecule has 0 unspecified atom stereocenters. The monoisotopic (exact) mass is 306 g/mol. The molecule has 0 saturated carbocycles. The molecular weight excluding hydrogens is 295 g/mol. The van der Waals surface area contributed by atoms with Crippen LogP contribution in [0.1, 0.15) is 0 Å². The molecule has 5 nitrogen and oxygen atoms in total. The highest BCUT2D eigenvalue weighted by atomic mass is 19.1. The summed E-state index contributed by atoms with van der Waals surface area (Å²) in [5.74, 6) is 0.389. The largest absolute Gasteiger partial charge is 0.334 e. The van der Waals surface area contributed by atoms with Crippen LogP contribution < -0.4 is 0 Å². The summed E-state index contributed by atoms with van der Waals surface area (Å²) in [5, 5.41) is 10.8. The summed E-state index contributed by atoms with van der Waals surface area (Å²) in [6.45, 7) is 0. The van der Waals surface area contributed by atoms with Gasteiger partial charge >= 0.3 is 0 Å². The maximum atomic E-state index is 13.3. The number of aromatic amines is 1. The van der Waals surface area contributed by atoms with Gasteiger partial charge in [0.05, 0.1) is 5.69 Å². The molecule has 0 amide bonds. The first kappa shape index (κ1) is 13.4. The topological polar surface area (TPSA) is 67.6 Å². The number of halogens is 1. The smallest absolute Gasteiger partial charge is 0.258 e. The Kier molecular flexibility index (Phi) is 3.20. The van der Waals surface area contributed by atoms with Crippen LogP contribution in [0.3, 0.4) is 0 Å². The minimum Gasteiger partial charge on any atom is -0.334 e. The minimum absolute atomic E-state index is 0.284. The molecule has 0 fully saturated rings. The van der Waals surface area contributed by atoms with Gasteiger partial charge in [0.15, 0.2) is 0 Å². The Morgan fingerprint density at radius 2 is 1.74 bits per heavy atom. The van der Waals surface area contributed by atoms with Gasteiger partial charge < -0.3 is 4.52 Å². The van der Waals surface area contributed by atoms with Gasteiger partial charge in [-0.1, -0.05) is 29.4 Å². The fourth-order valence-electron chi connectivity index (χ4n) is 2.32. The van der Waals surface area contributed by atoms with Crippen molar-refractivity contribution in [3.8, 4) is 34.1 Å². The molecular formula is C17H11FN4O. The van der Waals surface area contributed by atoms with E-state index < -0.39 is 0 Å². The van der Waals surface area contributed by atoms with E-state index in [4.69, 9.17) is 4.52 Å². The number of benzene rings is 2. The molecule has 2 heterocycles. The summed E-state index contributed by atoms with van der Waals surface area (Å²) in [5.41, 5.74) is 3.23. The van der Waals surface area contributed by atoms with E-state index in [0.29, 0.717) is 11.4 Å². The highest BCUT2D eigenvalue weighted by Gasteiger charge is 2.12. The Hall–Kier alpha value is -3.28. The second-order valence-electron chi connectivity index (χ2n) is 4.98. The molecule has 0 saturated heterocycles. The van der Waals surface area contributed by atoms with Gasteiger partial charge in [-0.15, -0.1) is 0 Å². The van der Waals surface area contributed by atoms with Gasteiger partial charge in [-0.3, -0.25) is 5.10 Å². The molecule has 2 aromatic heterocycles. The van der Waals surface area contributed by atoms with Crippen molar-refractivity contribution < 1.29 is 8.91 Å². The molecule has 1 N–H and O–H groups in total. The van der Waals surface area contributed by atoms with Gasteiger partial charge in [-0.2, -0.15) is 10.1 Å². The second-order valence-corrected chi connectivity index (χ2v) is 4.98. The summed E-state index contributed by atoms with van der Waals surface area (Å²) in [6, 6.07) is 15.6. The highest BCUT2D eigenvalue weighted by Crippen LogP contribution is 2.26. The summed E-state index contributed by atoms with van der Waals surface area (Å²) >= 11 is 0. The lowest BCUT2D eigenvalue weighted by atomic mass is 10.1. The predicted octanol–water partition coefficient (Wildman–Crippen LogP) is 3.93. The average Bonchev–Trinajstić information content (AvgIpc) is 3.27. The third-order valence-corrected chi connectivity index (χ3v) is 3.43. The van der Waals surface area contributed by atoms with Crippen LogP contribution in [0.25, 0.3) is 34.1 Å². The molecule has 0 aliphatic rings. The molecule has 0 spiro atoms. The number of rotatable bonds is 3. The molecule has 0 atom stereocenters. The number of hydrogen-bond donors (Lipinski definition) is 1. The summed E-state index contributed by atoms with van der Waals surface area (Å²) in [6.07, 6.45) is 1.69. The van der Waals surface area contributed by atoms with Crippen LogP contribution in [0.5, 0.6) is 0 Å². The highest BCUT2D eigenvalue weighted by molar-refractivity contribution is 5.68. The average molecular weight is 306 g/mol. The van der Waals surface area contributed by atoms with Crippen molar-refractivity contribution in [3.63, 3.8) is 0 Å². The summed E-state index contributed by atoms with van der Waals surface area (Å²) in [7, 11) is 0. The van der Waals surface area contributed by atoms with Gasteiger partial charge in [0.25, 0.3) is 5.89 Å². The first-order valence-electron chi connectivity index (χ1n) is 6.99. The van der Waals surface area contributed by atoms with Gasteiger partial charge in [0, 0.05) is 22.9 Å². The molecule has 0 bridgehead atoms. The zero-order valence-electron chi connectivity index (χ0n) is 11.9. The quantitative estimate of drug-likeness (QED) is 0.622. The SMILES string of the molecule is Fc1cccc(-c2nc(-c3cccc(-c4ccn[nH]4)c3)no2)c1. The van der Waals surface area contributed by atoms with E-state index in [1.165, 1.54) is 12.1 Å². The summed E-state index contributed by atoms with van der Waals surface area (Å²) < 4.78 is 18.5. The zero-order valence-corrected chi connectivity index (χ0v) is 11.9. The second kappa shape index (κ2) is 5.49. The third kappa shape index (κ3) is 2.62. The van der Waals surface area contributed by atoms with Crippen LogP contribution in [0, 0.1) is 5.82 Å². The van der Waals surface area contributed by atoms with Crippen molar-refractivity contribution in [1.29, 1.82) is 0 Å². The van der Waals surface area contributed by atoms with E-state index in [0.717, 1.165) is 16.8 Å². The molecule has 0 radical (unpaired) electrons. The maximum Gasteiger partial charge on any atom is 0.258 e. The predicted molar refractivity (Wildman–Crippen MR) is 82.7 cm³/mol. The fourth-order valence-corrected chi connectivity index (χ4v) is 2.32. The van der Waals surface area contributed by atoms with Crippen molar-refractivity contribution in [2.45, 2.75) is 0 Å². The number of nitrogens with zero attached hydrogens (tertiary/aromatic N) is 3. The molecule has 0 aliphatic carbocycles. The van der Waals surface area contributed by atoms with E-state index >= 15 is 0 Å².